The molecule has 0 spiro atoms. The molecule has 1 saturated carbocycles. The van der Waals surface area contributed by atoms with Crippen molar-refractivity contribution >= 4 is 23.3 Å². The Kier molecular flexibility index (Phi) is 8.26. The summed E-state index contributed by atoms with van der Waals surface area (Å²) in [6.07, 6.45) is 13.1. The summed E-state index contributed by atoms with van der Waals surface area (Å²) in [7, 11) is 0. The lowest BCUT2D eigenvalue weighted by Gasteiger charge is -2.31. The molecule has 0 saturated heterocycles. The summed E-state index contributed by atoms with van der Waals surface area (Å²) in [5.74, 6) is -2.22. The maximum atomic E-state index is 13.0. The minimum Gasteiger partial charge on any atom is -0.464 e. The third-order valence-corrected chi connectivity index (χ3v) is 7.49. The third-order valence-electron chi connectivity index (χ3n) is 6.42. The zero-order chi connectivity index (χ0) is 24.0. The highest BCUT2D eigenvalue weighted by molar-refractivity contribution is 7.13. The first-order chi connectivity index (χ1) is 16.3. The van der Waals surface area contributed by atoms with Gasteiger partial charge in [-0.25, -0.2) is 13.8 Å². The summed E-state index contributed by atoms with van der Waals surface area (Å²) in [5.41, 5.74) is 1.93. The molecule has 9 heteroatoms. The van der Waals surface area contributed by atoms with E-state index >= 15 is 0 Å². The quantitative estimate of drug-likeness (QED) is 0.516. The topological polar surface area (TPSA) is 67.3 Å². The van der Waals surface area contributed by atoms with E-state index in [2.05, 4.69) is 20.2 Å². The van der Waals surface area contributed by atoms with Crippen LogP contribution in [0.2, 0.25) is 0 Å². The standard InChI is InChI=1S/C25H32F2N4O2S/c1-25(26,27)17-33-24-30-21-16-31(15-11-22(21)34-24)14-10-18-2-5-20(6-3-18)29-23(32)7-4-19-8-12-28-13-9-19/h4,7-9,12-13,18,20H,2-3,5-6,10-11,14-17H2,1H3,(H,29,32)/b7-4+. The van der Waals surface area contributed by atoms with E-state index in [0.717, 1.165) is 81.2 Å². The number of halogens is 2. The van der Waals surface area contributed by atoms with Crippen LogP contribution in [0.15, 0.2) is 30.6 Å². The van der Waals surface area contributed by atoms with Crippen molar-refractivity contribution in [3.05, 3.63) is 46.7 Å². The first kappa shape index (κ1) is 24.7. The predicted octanol–water partition coefficient (Wildman–Crippen LogP) is 4.71. The molecule has 0 aromatic carbocycles. The fourth-order valence-electron chi connectivity index (χ4n) is 4.53. The molecule has 2 aromatic rings. The molecule has 3 heterocycles. The fraction of sp³-hybridized carbons (Fsp3) is 0.560. The highest BCUT2D eigenvalue weighted by Gasteiger charge is 2.27. The van der Waals surface area contributed by atoms with Crippen molar-refractivity contribution in [3.8, 4) is 5.19 Å². The van der Waals surface area contributed by atoms with Crippen molar-refractivity contribution in [2.75, 3.05) is 19.7 Å². The number of ether oxygens (including phenoxy) is 1. The number of hydrogen-bond donors (Lipinski definition) is 1. The number of amides is 1. The van der Waals surface area contributed by atoms with Gasteiger partial charge in [0.15, 0.2) is 6.61 Å². The van der Waals surface area contributed by atoms with E-state index in [-0.39, 0.29) is 11.9 Å². The van der Waals surface area contributed by atoms with Gasteiger partial charge in [0.25, 0.3) is 11.1 Å². The molecule has 1 N–H and O–H groups in total. The van der Waals surface area contributed by atoms with E-state index in [4.69, 9.17) is 4.74 Å². The zero-order valence-corrected chi connectivity index (χ0v) is 20.3. The second kappa shape index (κ2) is 11.4. The highest BCUT2D eigenvalue weighted by Crippen LogP contribution is 2.32. The number of fused-ring (bicyclic) bond motifs is 1. The summed E-state index contributed by atoms with van der Waals surface area (Å²) in [4.78, 5) is 24.2. The Hall–Kier alpha value is -2.39. The molecule has 2 aliphatic rings. The minimum absolute atomic E-state index is 0.0429. The van der Waals surface area contributed by atoms with E-state index in [9.17, 15) is 13.6 Å². The van der Waals surface area contributed by atoms with Gasteiger partial charge in [-0.05, 0) is 74.8 Å². The fourth-order valence-corrected chi connectivity index (χ4v) is 5.43. The summed E-state index contributed by atoms with van der Waals surface area (Å²) in [5, 5.41) is 3.48. The van der Waals surface area contributed by atoms with Gasteiger partial charge in [-0.1, -0.05) is 11.3 Å². The lowest BCUT2D eigenvalue weighted by molar-refractivity contribution is -0.117. The Morgan fingerprint density at radius 1 is 1.29 bits per heavy atom. The normalized spacial score (nSPS) is 21.4. The van der Waals surface area contributed by atoms with Crippen molar-refractivity contribution in [2.24, 2.45) is 5.92 Å². The molecule has 1 aliphatic carbocycles. The van der Waals surface area contributed by atoms with Crippen molar-refractivity contribution in [2.45, 2.75) is 64.0 Å². The highest BCUT2D eigenvalue weighted by atomic mass is 32.1. The maximum absolute atomic E-state index is 13.0. The largest absolute Gasteiger partial charge is 0.464 e. The van der Waals surface area contributed by atoms with Gasteiger partial charge in [0.05, 0.1) is 5.69 Å². The smallest absolute Gasteiger partial charge is 0.278 e. The van der Waals surface area contributed by atoms with Gasteiger partial charge in [0, 0.05) is 49.4 Å². The van der Waals surface area contributed by atoms with E-state index < -0.39 is 12.5 Å². The van der Waals surface area contributed by atoms with Gasteiger partial charge >= 0.3 is 0 Å². The van der Waals surface area contributed by atoms with Crippen LogP contribution < -0.4 is 10.1 Å². The molecule has 1 amide bonds. The first-order valence-electron chi connectivity index (χ1n) is 11.9. The van der Waals surface area contributed by atoms with E-state index in [1.807, 2.05) is 18.2 Å². The van der Waals surface area contributed by atoms with Crippen molar-refractivity contribution < 1.29 is 18.3 Å². The van der Waals surface area contributed by atoms with Crippen molar-refractivity contribution in [3.63, 3.8) is 0 Å². The van der Waals surface area contributed by atoms with Crippen LogP contribution in [0.4, 0.5) is 8.78 Å². The van der Waals surface area contributed by atoms with Gasteiger partial charge in [-0.3, -0.25) is 14.7 Å². The van der Waals surface area contributed by atoms with E-state index in [0.29, 0.717) is 11.1 Å². The van der Waals surface area contributed by atoms with E-state index in [1.165, 1.54) is 11.3 Å². The SMILES string of the molecule is CC(F)(F)COc1nc2c(s1)CCN(CCC1CCC(NC(=O)/C=C/c3ccncc3)CC1)C2. The lowest BCUT2D eigenvalue weighted by Crippen LogP contribution is -2.37. The van der Waals surface area contributed by atoms with Crippen LogP contribution in [-0.2, 0) is 17.8 Å². The zero-order valence-electron chi connectivity index (χ0n) is 19.5. The molecule has 34 heavy (non-hydrogen) atoms. The predicted molar refractivity (Wildman–Crippen MR) is 129 cm³/mol. The monoisotopic (exact) mass is 490 g/mol. The summed E-state index contributed by atoms with van der Waals surface area (Å²) >= 11 is 1.40. The Labute approximate surface area is 203 Å². The van der Waals surface area contributed by atoms with Gasteiger partial charge < -0.3 is 10.1 Å². The van der Waals surface area contributed by atoms with Gasteiger partial charge in [-0.2, -0.15) is 0 Å². The summed E-state index contributed by atoms with van der Waals surface area (Å²) in [6, 6.07) is 3.98. The Morgan fingerprint density at radius 2 is 2.06 bits per heavy atom. The second-order valence-electron chi connectivity index (χ2n) is 9.36. The number of nitrogens with one attached hydrogen (secondary N) is 1. The molecule has 184 valence electrons. The van der Waals surface area contributed by atoms with Crippen LogP contribution in [0.3, 0.4) is 0 Å². The molecular weight excluding hydrogens is 458 g/mol. The molecule has 0 radical (unpaired) electrons. The number of thiazole rings is 1. The molecule has 0 atom stereocenters. The Balaban J connectivity index is 1.15. The van der Waals surface area contributed by atoms with E-state index in [1.54, 1.807) is 18.5 Å². The average Bonchev–Trinajstić information content (AvgIpc) is 3.24. The van der Waals surface area contributed by atoms with Crippen LogP contribution in [0, 0.1) is 5.92 Å². The second-order valence-corrected chi connectivity index (χ2v) is 10.4. The minimum atomic E-state index is -2.85. The number of rotatable bonds is 9. The summed E-state index contributed by atoms with van der Waals surface area (Å²) in [6.45, 7) is 2.95. The Morgan fingerprint density at radius 3 is 2.79 bits per heavy atom. The van der Waals surface area contributed by atoms with Crippen LogP contribution in [0.25, 0.3) is 6.08 Å². The Bertz CT molecular complexity index is 969. The number of carbonyl (C=O) groups is 1. The number of alkyl halides is 2. The molecule has 0 bridgehead atoms. The van der Waals surface area contributed by atoms with Crippen LogP contribution >= 0.6 is 11.3 Å². The van der Waals surface area contributed by atoms with Crippen LogP contribution in [0.5, 0.6) is 5.19 Å². The molecule has 1 fully saturated rings. The number of nitrogens with zero attached hydrogens (tertiary/aromatic N) is 3. The van der Waals surface area contributed by atoms with Gasteiger partial charge in [0.2, 0.25) is 5.91 Å². The lowest BCUT2D eigenvalue weighted by atomic mass is 9.84. The van der Waals surface area contributed by atoms with Gasteiger partial charge in [-0.15, -0.1) is 0 Å². The van der Waals surface area contributed by atoms with Crippen LogP contribution in [-0.4, -0.2) is 52.4 Å². The van der Waals surface area contributed by atoms with Crippen molar-refractivity contribution in [1.82, 2.24) is 20.2 Å². The first-order valence-corrected chi connectivity index (χ1v) is 12.8. The van der Waals surface area contributed by atoms with Gasteiger partial charge in [0.1, 0.15) is 0 Å². The average molecular weight is 491 g/mol. The molecule has 0 unspecified atom stereocenters. The number of carbonyl (C=O) groups excluding carboxylic acids is 1. The molecule has 1 aliphatic heterocycles. The van der Waals surface area contributed by atoms with Crippen molar-refractivity contribution in [1.29, 1.82) is 0 Å². The number of pyridine rings is 1. The molecule has 2 aromatic heterocycles. The molecular formula is C25H32F2N4O2S. The number of hydrogen-bond acceptors (Lipinski definition) is 6. The third kappa shape index (κ3) is 7.56. The summed E-state index contributed by atoms with van der Waals surface area (Å²) < 4.78 is 31.3. The van der Waals surface area contributed by atoms with Crippen LogP contribution in [0.1, 0.15) is 55.2 Å². The number of aromatic nitrogens is 2. The maximum Gasteiger partial charge on any atom is 0.278 e. The molecule has 4 rings (SSSR count). The molecule has 6 nitrogen and oxygen atoms in total.